The molecule has 12 heteroatoms. The van der Waals surface area contributed by atoms with Crippen molar-refractivity contribution in [2.24, 2.45) is 17.6 Å². The summed E-state index contributed by atoms with van der Waals surface area (Å²) in [5, 5.41) is 62.4. The fourth-order valence-electron chi connectivity index (χ4n) is 6.71. The largest absolute Gasteiger partial charge is 0.511 e. The van der Waals surface area contributed by atoms with Crippen LogP contribution >= 0.6 is 0 Å². The highest BCUT2D eigenvalue weighted by molar-refractivity contribution is 6.24. The van der Waals surface area contributed by atoms with Crippen LogP contribution in [0.3, 0.4) is 0 Å². The minimum absolute atomic E-state index is 0.138. The second-order valence-corrected chi connectivity index (χ2v) is 11.0. The molecule has 0 heterocycles. The van der Waals surface area contributed by atoms with Gasteiger partial charge in [-0.2, -0.15) is 0 Å². The van der Waals surface area contributed by atoms with Gasteiger partial charge in [-0.05, 0) is 29.0 Å². The van der Waals surface area contributed by atoms with E-state index in [1.165, 1.54) is 12.1 Å². The van der Waals surface area contributed by atoms with Crippen LogP contribution in [0.15, 0.2) is 77.3 Å². The first kappa shape index (κ1) is 27.9. The zero-order chi connectivity index (χ0) is 31.0. The number of hydrogen-bond acceptors (Lipinski definition) is 9. The molecule has 0 fully saturated rings. The fourth-order valence-corrected chi connectivity index (χ4v) is 6.71. The highest BCUT2D eigenvalue weighted by Gasteiger charge is 2.64. The van der Waals surface area contributed by atoms with Gasteiger partial charge in [-0.15, -0.1) is 0 Å². The number of aromatic hydroxyl groups is 1. The number of benzene rings is 3. The van der Waals surface area contributed by atoms with Crippen molar-refractivity contribution in [2.45, 2.75) is 31.0 Å². The smallest absolute Gasteiger partial charge is 0.323 e. The predicted octanol–water partition coefficient (Wildman–Crippen LogP) is 2.91. The van der Waals surface area contributed by atoms with Crippen molar-refractivity contribution in [3.63, 3.8) is 0 Å². The molecule has 6 rings (SSSR count). The summed E-state index contributed by atoms with van der Waals surface area (Å²) in [6, 6.07) is 14.9. The van der Waals surface area contributed by atoms with E-state index in [0.717, 1.165) is 10.8 Å². The maximum absolute atomic E-state index is 13.9. The molecule has 9 N–H and O–H groups in total. The van der Waals surface area contributed by atoms with Crippen LogP contribution < -0.4 is 16.4 Å². The average Bonchev–Trinajstić information content (AvgIpc) is 2.96. The first-order chi connectivity index (χ1) is 20.4. The number of rotatable bonds is 3. The number of fused-ring (bicyclic) bond motifs is 4. The number of aliphatic hydroxyl groups is 4. The molecule has 0 saturated heterocycles. The van der Waals surface area contributed by atoms with Crippen LogP contribution in [0.4, 0.5) is 16.2 Å². The maximum Gasteiger partial charge on any atom is 0.323 e. The molecule has 3 amide bonds. The van der Waals surface area contributed by atoms with Crippen LogP contribution in [-0.2, 0) is 9.59 Å². The molecule has 5 atom stereocenters. The number of ketones is 2. The van der Waals surface area contributed by atoms with E-state index in [0.29, 0.717) is 5.69 Å². The van der Waals surface area contributed by atoms with Gasteiger partial charge in [0, 0.05) is 29.2 Å². The Hall–Kier alpha value is -5.20. The predicted molar refractivity (Wildman–Crippen MR) is 154 cm³/mol. The summed E-state index contributed by atoms with van der Waals surface area (Å²) in [5.41, 5.74) is 1.15. The Labute approximate surface area is 243 Å². The summed E-state index contributed by atoms with van der Waals surface area (Å²) in [6.45, 7) is 1.62. The number of allylic oxidation sites excluding steroid dienone is 1. The summed E-state index contributed by atoms with van der Waals surface area (Å²) in [6.07, 6.45) is -2.20. The van der Waals surface area contributed by atoms with Crippen LogP contribution in [0, 0.1) is 11.8 Å². The van der Waals surface area contributed by atoms with Crippen LogP contribution in [-0.4, -0.2) is 60.7 Å². The van der Waals surface area contributed by atoms with Crippen LogP contribution in [0.5, 0.6) is 5.75 Å². The van der Waals surface area contributed by atoms with Gasteiger partial charge in [-0.3, -0.25) is 14.4 Å². The molecule has 0 radical (unpaired) electrons. The Morgan fingerprint density at radius 2 is 1.63 bits per heavy atom. The lowest BCUT2D eigenvalue weighted by molar-refractivity contribution is -0.154. The monoisotopic (exact) mass is 585 g/mol. The molecule has 0 saturated carbocycles. The molecule has 12 nitrogen and oxygen atoms in total. The Morgan fingerprint density at radius 1 is 0.953 bits per heavy atom. The number of phenols is 1. The molecular weight excluding hydrogens is 558 g/mol. The molecule has 0 bridgehead atoms. The van der Waals surface area contributed by atoms with Crippen molar-refractivity contribution in [1.82, 2.24) is 0 Å². The third-order valence-corrected chi connectivity index (χ3v) is 8.78. The van der Waals surface area contributed by atoms with Gasteiger partial charge >= 0.3 is 6.03 Å². The van der Waals surface area contributed by atoms with Gasteiger partial charge in [0.2, 0.25) is 5.78 Å². The number of amides is 3. The Bertz CT molecular complexity index is 1840. The normalized spacial score (nSPS) is 26.5. The molecule has 3 aliphatic rings. The number of urea groups is 1. The van der Waals surface area contributed by atoms with Crippen molar-refractivity contribution < 1.29 is 44.7 Å². The number of primary amides is 1. The highest BCUT2D eigenvalue weighted by Crippen LogP contribution is 2.55. The molecule has 3 aliphatic carbocycles. The molecule has 0 spiro atoms. The van der Waals surface area contributed by atoms with Gasteiger partial charge in [0.05, 0.1) is 23.0 Å². The van der Waals surface area contributed by atoms with Gasteiger partial charge in [0.25, 0.3) is 5.91 Å². The lowest BCUT2D eigenvalue weighted by atomic mass is 9.56. The Balaban J connectivity index is 1.39. The number of hydrogen-bond donors (Lipinski definition) is 8. The van der Waals surface area contributed by atoms with Gasteiger partial charge < -0.3 is 41.9 Å². The van der Waals surface area contributed by atoms with E-state index in [1.54, 1.807) is 19.1 Å². The molecule has 0 aromatic heterocycles. The number of phenolic OH excluding ortho intramolecular Hbond substituents is 1. The van der Waals surface area contributed by atoms with Gasteiger partial charge in [-0.1, -0.05) is 49.4 Å². The van der Waals surface area contributed by atoms with E-state index >= 15 is 0 Å². The lowest BCUT2D eigenvalue weighted by Crippen LogP contribution is -2.62. The van der Waals surface area contributed by atoms with Crippen molar-refractivity contribution in [1.29, 1.82) is 0 Å². The number of carbonyl (C=O) groups is 4. The minimum Gasteiger partial charge on any atom is -0.511 e. The summed E-state index contributed by atoms with van der Waals surface area (Å²) in [7, 11) is 0. The molecule has 220 valence electrons. The molecule has 43 heavy (non-hydrogen) atoms. The molecule has 3 aromatic rings. The summed E-state index contributed by atoms with van der Waals surface area (Å²) in [5.74, 6) is -9.66. The van der Waals surface area contributed by atoms with Crippen molar-refractivity contribution in [3.05, 3.63) is 88.4 Å². The number of nitrogens with one attached hydrogen (secondary N) is 2. The number of aliphatic hydroxyl groups excluding tert-OH is 3. The first-order valence-corrected chi connectivity index (χ1v) is 13.4. The zero-order valence-electron chi connectivity index (χ0n) is 22.7. The Morgan fingerprint density at radius 3 is 2.35 bits per heavy atom. The van der Waals surface area contributed by atoms with E-state index in [2.05, 4.69) is 10.6 Å². The van der Waals surface area contributed by atoms with E-state index in [-0.39, 0.29) is 16.8 Å². The van der Waals surface area contributed by atoms with E-state index < -0.39 is 87.8 Å². The fraction of sp³-hybridized carbons (Fsp3) is 0.226. The number of carbonyl (C=O) groups excluding carboxylic acids is 4. The van der Waals surface area contributed by atoms with E-state index in [4.69, 9.17) is 5.73 Å². The summed E-state index contributed by atoms with van der Waals surface area (Å²) < 4.78 is 0. The van der Waals surface area contributed by atoms with Gasteiger partial charge in [-0.25, -0.2) is 4.79 Å². The van der Waals surface area contributed by atoms with Crippen LogP contribution in [0.25, 0.3) is 10.8 Å². The molecule has 3 aromatic carbocycles. The lowest BCUT2D eigenvalue weighted by Gasteiger charge is -2.50. The first-order valence-electron chi connectivity index (χ1n) is 13.4. The van der Waals surface area contributed by atoms with Gasteiger partial charge in [0.15, 0.2) is 17.1 Å². The molecular formula is C31H27N3O9. The SMILES string of the molecule is C[C@H]1c2ccc(NC(=O)Nc3cccc4ccccc34)c(O)c2C(=O)C2=C(O)[C@]3(O)C(=O)C(C(N)=O)=C(O)C[C@@H]3[C@@H](O)[C@@H]21. The number of Topliss-reactive ketones (excluding diaryl/α,β-unsaturated/α-hetero) is 2. The van der Waals surface area contributed by atoms with Crippen LogP contribution in [0.2, 0.25) is 0 Å². The number of nitrogens with two attached hydrogens (primary N) is 1. The van der Waals surface area contributed by atoms with E-state index in [1.807, 2.05) is 30.3 Å². The van der Waals surface area contributed by atoms with Crippen molar-refractivity contribution in [2.75, 3.05) is 10.6 Å². The zero-order valence-corrected chi connectivity index (χ0v) is 22.7. The average molecular weight is 586 g/mol. The maximum atomic E-state index is 13.9. The second kappa shape index (κ2) is 9.68. The van der Waals surface area contributed by atoms with Gasteiger partial charge in [0.1, 0.15) is 17.1 Å². The Kier molecular flexibility index (Phi) is 6.29. The molecule has 0 aliphatic heterocycles. The summed E-state index contributed by atoms with van der Waals surface area (Å²) in [4.78, 5) is 51.8. The van der Waals surface area contributed by atoms with E-state index in [9.17, 15) is 44.7 Å². The standard InChI is InChI=1S/C31H27N3O9/c1-12-14-9-10-18(34-30(42)33-17-8-4-6-13-5-2-3-7-15(13)17)25(37)21(14)26(38)23-20(12)24(36)16-11-19(35)22(29(32)41)27(39)31(16,43)28(23)40/h2-10,12,16,20,24,35-37,40,43H,11H2,1H3,(H2,32,41)(H2,33,34,42)/t12-,16+,20+,24+,31+/m0/s1. The molecule has 0 unspecified atom stereocenters. The third kappa shape index (κ3) is 3.91. The summed E-state index contributed by atoms with van der Waals surface area (Å²) >= 11 is 0. The minimum atomic E-state index is -2.93. The van der Waals surface area contributed by atoms with Crippen LogP contribution in [0.1, 0.15) is 35.2 Å². The highest BCUT2D eigenvalue weighted by atomic mass is 16.4. The van der Waals surface area contributed by atoms with Crippen molar-refractivity contribution >= 4 is 45.7 Å². The quantitative estimate of drug-likeness (QED) is 0.167. The van der Waals surface area contributed by atoms with Crippen molar-refractivity contribution in [3.8, 4) is 5.75 Å². The second-order valence-electron chi connectivity index (χ2n) is 11.0. The third-order valence-electron chi connectivity index (χ3n) is 8.78. The number of anilines is 2. The topological polar surface area (TPSA) is 220 Å².